The number of benzene rings is 2. The van der Waals surface area contributed by atoms with Crippen molar-refractivity contribution in [3.8, 4) is 11.5 Å². The average Bonchev–Trinajstić information content (AvgIpc) is 3.54. The molecule has 4 aliphatic rings. The highest BCUT2D eigenvalue weighted by Gasteiger charge is 2.72. The van der Waals surface area contributed by atoms with Gasteiger partial charge in [-0.25, -0.2) is 4.90 Å². The number of oxime groups is 1. The Hall–Kier alpha value is -3.39. The quantitative estimate of drug-likeness (QED) is 0.687. The maximum absolute atomic E-state index is 13.4. The predicted octanol–water partition coefficient (Wildman–Crippen LogP) is 2.32. The standard InChI is InChI=1S/C24H22N2O6/c1-11-4-6-12(7-5-11)26-23(27)16-17(24(26)28)21-22-18(20(16)31-21)19(25-32-22)14-9-8-13(29-2)10-15(14)30-3/h4-10,16-18,20-22H,1-3H3/t16-,17+,18-,20-,21+,22-/m0/s1. The van der Waals surface area contributed by atoms with Gasteiger partial charge in [-0.1, -0.05) is 22.9 Å². The van der Waals surface area contributed by atoms with Crippen LogP contribution in [0.15, 0.2) is 47.6 Å². The number of fused-ring (bicyclic) bond motifs is 8. The fourth-order valence-corrected chi connectivity index (χ4v) is 5.54. The molecule has 2 aromatic rings. The number of nitrogens with zero attached hydrogens (tertiary/aromatic N) is 2. The van der Waals surface area contributed by atoms with Crippen molar-refractivity contribution in [2.75, 3.05) is 19.1 Å². The zero-order chi connectivity index (χ0) is 22.1. The smallest absolute Gasteiger partial charge is 0.240 e. The van der Waals surface area contributed by atoms with Crippen molar-refractivity contribution in [3.63, 3.8) is 0 Å². The van der Waals surface area contributed by atoms with Crippen LogP contribution in [0, 0.1) is 24.7 Å². The van der Waals surface area contributed by atoms with Crippen LogP contribution in [-0.4, -0.2) is 50.1 Å². The molecule has 2 aromatic carbocycles. The minimum atomic E-state index is -0.553. The lowest BCUT2D eigenvalue weighted by atomic mass is 9.71. The van der Waals surface area contributed by atoms with Gasteiger partial charge in [0.25, 0.3) is 0 Å². The van der Waals surface area contributed by atoms with E-state index in [0.717, 1.165) is 11.1 Å². The van der Waals surface area contributed by atoms with Crippen LogP contribution in [0.1, 0.15) is 11.1 Å². The van der Waals surface area contributed by atoms with Crippen molar-refractivity contribution >= 4 is 23.2 Å². The first-order valence-corrected chi connectivity index (χ1v) is 10.6. The van der Waals surface area contributed by atoms with Crippen molar-refractivity contribution < 1.29 is 28.6 Å². The third-order valence-electron chi connectivity index (χ3n) is 7.02. The van der Waals surface area contributed by atoms with Crippen molar-refractivity contribution in [1.29, 1.82) is 0 Å². The molecule has 32 heavy (non-hydrogen) atoms. The summed E-state index contributed by atoms with van der Waals surface area (Å²) in [5.74, 6) is -0.540. The summed E-state index contributed by atoms with van der Waals surface area (Å²) in [6.07, 6.45) is -1.39. The molecule has 164 valence electrons. The Morgan fingerprint density at radius 3 is 2.28 bits per heavy atom. The predicted molar refractivity (Wildman–Crippen MR) is 114 cm³/mol. The summed E-state index contributed by atoms with van der Waals surface area (Å²) in [5, 5.41) is 4.34. The average molecular weight is 434 g/mol. The molecule has 8 nitrogen and oxygen atoms in total. The van der Waals surface area contributed by atoms with Crippen molar-refractivity contribution in [1.82, 2.24) is 0 Å². The first-order valence-electron chi connectivity index (χ1n) is 10.6. The van der Waals surface area contributed by atoms with Crippen molar-refractivity contribution in [3.05, 3.63) is 53.6 Å². The van der Waals surface area contributed by atoms with Gasteiger partial charge in [-0.3, -0.25) is 9.59 Å². The Morgan fingerprint density at radius 2 is 1.59 bits per heavy atom. The number of imide groups is 1. The number of rotatable bonds is 4. The zero-order valence-corrected chi connectivity index (χ0v) is 17.8. The van der Waals surface area contributed by atoms with Gasteiger partial charge in [0.15, 0.2) is 6.10 Å². The highest BCUT2D eigenvalue weighted by atomic mass is 16.7. The van der Waals surface area contributed by atoms with E-state index in [9.17, 15) is 9.59 Å². The van der Waals surface area contributed by atoms with Crippen LogP contribution in [0.2, 0.25) is 0 Å². The Kier molecular flexibility index (Phi) is 4.10. The monoisotopic (exact) mass is 434 g/mol. The van der Waals surface area contributed by atoms with Crippen LogP contribution >= 0.6 is 0 Å². The van der Waals surface area contributed by atoms with Crippen LogP contribution < -0.4 is 14.4 Å². The van der Waals surface area contributed by atoms with E-state index < -0.39 is 30.1 Å². The number of amides is 2. The molecule has 0 radical (unpaired) electrons. The van der Waals surface area contributed by atoms with Crippen LogP contribution in [0.4, 0.5) is 5.69 Å². The van der Waals surface area contributed by atoms with E-state index >= 15 is 0 Å². The Balaban J connectivity index is 1.35. The second-order valence-corrected chi connectivity index (χ2v) is 8.60. The molecular formula is C24H22N2O6. The van der Waals surface area contributed by atoms with Crippen LogP contribution in [0.3, 0.4) is 0 Å². The highest BCUT2D eigenvalue weighted by Crippen LogP contribution is 2.55. The number of anilines is 1. The molecule has 8 heteroatoms. The molecule has 4 aliphatic heterocycles. The van der Waals surface area contributed by atoms with E-state index in [0.29, 0.717) is 22.9 Å². The lowest BCUT2D eigenvalue weighted by Crippen LogP contribution is -2.45. The molecule has 0 saturated carbocycles. The van der Waals surface area contributed by atoms with Crippen molar-refractivity contribution in [2.45, 2.75) is 25.2 Å². The number of methoxy groups -OCH3 is 2. The van der Waals surface area contributed by atoms with E-state index in [2.05, 4.69) is 5.16 Å². The van der Waals surface area contributed by atoms with E-state index in [4.69, 9.17) is 19.0 Å². The first kappa shape index (κ1) is 19.3. The third kappa shape index (κ3) is 2.44. The van der Waals surface area contributed by atoms with E-state index in [1.54, 1.807) is 32.4 Å². The van der Waals surface area contributed by atoms with Crippen molar-refractivity contribution in [2.24, 2.45) is 22.9 Å². The van der Waals surface area contributed by atoms with Gasteiger partial charge < -0.3 is 19.0 Å². The van der Waals surface area contributed by atoms with E-state index in [1.165, 1.54) is 4.90 Å². The Bertz CT molecular complexity index is 1160. The first-order chi connectivity index (χ1) is 15.5. The summed E-state index contributed by atoms with van der Waals surface area (Å²) in [7, 11) is 3.17. The molecule has 0 spiro atoms. The molecule has 6 atom stereocenters. The maximum Gasteiger partial charge on any atom is 0.240 e. The zero-order valence-electron chi connectivity index (χ0n) is 17.8. The maximum atomic E-state index is 13.4. The van der Waals surface area contributed by atoms with Gasteiger partial charge >= 0.3 is 0 Å². The summed E-state index contributed by atoms with van der Waals surface area (Å²) in [4.78, 5) is 33.8. The molecule has 2 bridgehead atoms. The van der Waals surface area contributed by atoms with Gasteiger partial charge in [0.2, 0.25) is 11.8 Å². The van der Waals surface area contributed by atoms with Gasteiger partial charge in [0, 0.05) is 11.6 Å². The number of ether oxygens (including phenoxy) is 3. The molecule has 0 unspecified atom stereocenters. The fourth-order valence-electron chi connectivity index (χ4n) is 5.54. The van der Waals surface area contributed by atoms with Gasteiger partial charge in [-0.05, 0) is 31.2 Å². The third-order valence-corrected chi connectivity index (χ3v) is 7.02. The highest BCUT2D eigenvalue weighted by molar-refractivity contribution is 6.23. The molecule has 3 fully saturated rings. The summed E-state index contributed by atoms with van der Waals surface area (Å²) < 4.78 is 17.0. The number of carbonyl (C=O) groups is 2. The largest absolute Gasteiger partial charge is 0.497 e. The van der Waals surface area contributed by atoms with Gasteiger partial charge in [0.1, 0.15) is 23.3 Å². The number of hydrogen-bond donors (Lipinski definition) is 0. The van der Waals surface area contributed by atoms with Gasteiger partial charge in [-0.15, -0.1) is 0 Å². The molecule has 3 saturated heterocycles. The molecule has 4 heterocycles. The fraction of sp³-hybridized carbons (Fsp3) is 0.375. The normalized spacial score (nSPS) is 32.0. The molecule has 0 aliphatic carbocycles. The second-order valence-electron chi connectivity index (χ2n) is 8.60. The SMILES string of the molecule is COc1ccc(C2=NO[C@@H]3[C@@H]4O[C@H]([C@H]23)[C@H]2C(=O)N(c3ccc(C)cc3)C(=O)[C@@H]42)c(OC)c1. The minimum Gasteiger partial charge on any atom is -0.497 e. The van der Waals surface area contributed by atoms with Crippen LogP contribution in [0.5, 0.6) is 11.5 Å². The summed E-state index contributed by atoms with van der Waals surface area (Å²) in [6, 6.07) is 12.9. The summed E-state index contributed by atoms with van der Waals surface area (Å²) >= 11 is 0. The van der Waals surface area contributed by atoms with Crippen LogP contribution in [0.25, 0.3) is 0 Å². The summed E-state index contributed by atoms with van der Waals surface area (Å²) in [5.41, 5.74) is 3.10. The van der Waals surface area contributed by atoms with Gasteiger partial charge in [-0.2, -0.15) is 0 Å². The molecule has 6 rings (SSSR count). The molecule has 2 amide bonds. The Morgan fingerprint density at radius 1 is 0.875 bits per heavy atom. The lowest BCUT2D eigenvalue weighted by molar-refractivity contribution is -0.125. The van der Waals surface area contributed by atoms with Gasteiger partial charge in [0.05, 0.1) is 43.8 Å². The minimum absolute atomic E-state index is 0.220. The number of hydrogen-bond acceptors (Lipinski definition) is 7. The molecular weight excluding hydrogens is 412 g/mol. The van der Waals surface area contributed by atoms with Crippen LogP contribution in [-0.2, 0) is 19.2 Å². The lowest BCUT2D eigenvalue weighted by Gasteiger charge is -2.26. The number of carbonyl (C=O) groups excluding carboxylic acids is 2. The second kappa shape index (κ2) is 6.80. The summed E-state index contributed by atoms with van der Waals surface area (Å²) in [6.45, 7) is 1.97. The Labute approximate surface area is 184 Å². The molecule has 0 aromatic heterocycles. The van der Waals surface area contributed by atoms with E-state index in [-0.39, 0.29) is 17.7 Å². The topological polar surface area (TPSA) is 86.7 Å². The van der Waals surface area contributed by atoms with E-state index in [1.807, 2.05) is 31.2 Å². The number of aryl methyl sites for hydroxylation is 1. The molecule has 0 N–H and O–H groups in total.